The second-order valence-corrected chi connectivity index (χ2v) is 7.56. The lowest BCUT2D eigenvalue weighted by Gasteiger charge is -2.14. The monoisotopic (exact) mass is 414 g/mol. The molecule has 0 bridgehead atoms. The minimum absolute atomic E-state index is 0.0770. The van der Waals surface area contributed by atoms with Gasteiger partial charge in [0.2, 0.25) is 6.10 Å². The largest absolute Gasteiger partial charge is 0.478 e. The predicted molar refractivity (Wildman–Crippen MR) is 118 cm³/mol. The van der Waals surface area contributed by atoms with Crippen molar-refractivity contribution in [1.82, 2.24) is 0 Å². The summed E-state index contributed by atoms with van der Waals surface area (Å²) in [6, 6.07) is 22.8. The van der Waals surface area contributed by atoms with Crippen LogP contribution in [0.25, 0.3) is 22.1 Å². The molecule has 0 fully saturated rings. The summed E-state index contributed by atoms with van der Waals surface area (Å²) in [6.07, 6.45) is -1.22. The smallest absolute Gasteiger partial charge is 0.345 e. The molecule has 4 rings (SSSR count). The van der Waals surface area contributed by atoms with Crippen LogP contribution in [0.4, 0.5) is 0 Å². The molecule has 0 spiro atoms. The van der Waals surface area contributed by atoms with Crippen LogP contribution in [0.2, 0.25) is 0 Å². The Bertz CT molecular complexity index is 1250. The Labute approximate surface area is 179 Å². The third-order valence-electron chi connectivity index (χ3n) is 5.23. The first-order chi connectivity index (χ1) is 14.9. The molecule has 1 N–H and O–H groups in total. The molecule has 5 heteroatoms. The molecule has 1 heterocycles. The highest BCUT2D eigenvalue weighted by molar-refractivity contribution is 5.93. The maximum absolute atomic E-state index is 12.7. The van der Waals surface area contributed by atoms with Crippen molar-refractivity contribution in [3.8, 4) is 11.3 Å². The van der Waals surface area contributed by atoms with Crippen molar-refractivity contribution >= 4 is 22.7 Å². The molecule has 0 aliphatic rings. The first-order valence-electron chi connectivity index (χ1n) is 9.99. The van der Waals surface area contributed by atoms with Crippen molar-refractivity contribution in [2.75, 3.05) is 0 Å². The number of hydrogen-bond donors (Lipinski definition) is 1. The fourth-order valence-electron chi connectivity index (χ4n) is 3.50. The van der Waals surface area contributed by atoms with Gasteiger partial charge in [0.15, 0.2) is 0 Å². The number of carbonyl (C=O) groups excluding carboxylic acids is 1. The molecule has 0 unspecified atom stereocenters. The maximum atomic E-state index is 12.7. The number of fused-ring (bicyclic) bond motifs is 1. The van der Waals surface area contributed by atoms with E-state index in [1.54, 1.807) is 13.0 Å². The number of carboxylic acid groups (broad SMARTS) is 1. The van der Waals surface area contributed by atoms with Crippen molar-refractivity contribution < 1.29 is 23.8 Å². The summed E-state index contributed by atoms with van der Waals surface area (Å²) in [6.45, 7) is 3.65. The van der Waals surface area contributed by atoms with Gasteiger partial charge in [0.1, 0.15) is 17.1 Å². The summed E-state index contributed by atoms with van der Waals surface area (Å²) in [5, 5.41) is 11.7. The van der Waals surface area contributed by atoms with Crippen LogP contribution in [-0.4, -0.2) is 23.1 Å². The summed E-state index contributed by atoms with van der Waals surface area (Å²) in [5.41, 5.74) is 2.95. The number of benzene rings is 3. The van der Waals surface area contributed by atoms with Crippen LogP contribution in [0.3, 0.4) is 0 Å². The Hall–Kier alpha value is -3.86. The average molecular weight is 414 g/mol. The van der Waals surface area contributed by atoms with Crippen LogP contribution in [0.15, 0.2) is 77.2 Å². The van der Waals surface area contributed by atoms with Crippen molar-refractivity contribution in [1.29, 1.82) is 0 Å². The first kappa shape index (κ1) is 20.4. The summed E-state index contributed by atoms with van der Waals surface area (Å²) in [7, 11) is 0. The number of carboxylic acids is 1. The minimum Gasteiger partial charge on any atom is -0.478 e. The second kappa shape index (κ2) is 8.48. The highest BCUT2D eigenvalue weighted by Gasteiger charge is 2.26. The van der Waals surface area contributed by atoms with E-state index < -0.39 is 18.0 Å². The van der Waals surface area contributed by atoms with Crippen molar-refractivity contribution in [2.45, 2.75) is 26.4 Å². The molecule has 5 nitrogen and oxygen atoms in total. The molecule has 31 heavy (non-hydrogen) atoms. The zero-order valence-electron chi connectivity index (χ0n) is 17.3. The van der Waals surface area contributed by atoms with Gasteiger partial charge in [0, 0.05) is 12.0 Å². The molecular formula is C26H22O5. The van der Waals surface area contributed by atoms with E-state index >= 15 is 0 Å². The Balaban J connectivity index is 1.53. The van der Waals surface area contributed by atoms with Crippen molar-refractivity contribution in [2.24, 2.45) is 0 Å². The fourth-order valence-corrected chi connectivity index (χ4v) is 3.50. The second-order valence-electron chi connectivity index (χ2n) is 7.56. The number of rotatable bonds is 6. The van der Waals surface area contributed by atoms with Crippen LogP contribution in [0.1, 0.15) is 27.2 Å². The number of esters is 1. The van der Waals surface area contributed by atoms with Crippen molar-refractivity contribution in [3.05, 3.63) is 95.2 Å². The standard InChI is InChI=1S/C26H22O5/c1-16-7-10-20(11-8-16)23-15-22(17(2)30-23)26(29)31-24(25(27)28)14-18-9-12-19-5-3-4-6-21(19)13-18/h3-13,15,24H,14H2,1-2H3,(H,27,28)/t24-/m1/s1. The van der Waals surface area contributed by atoms with Gasteiger partial charge in [0.25, 0.3) is 0 Å². The average Bonchev–Trinajstić information content (AvgIpc) is 3.15. The molecule has 0 saturated carbocycles. The van der Waals surface area contributed by atoms with Crippen LogP contribution in [0, 0.1) is 13.8 Å². The highest BCUT2D eigenvalue weighted by atomic mass is 16.6. The zero-order chi connectivity index (χ0) is 22.0. The SMILES string of the molecule is Cc1ccc(-c2cc(C(=O)O[C@H](Cc3ccc4ccccc4c3)C(=O)O)c(C)o2)cc1. The summed E-state index contributed by atoms with van der Waals surface area (Å²) >= 11 is 0. The highest BCUT2D eigenvalue weighted by Crippen LogP contribution is 2.27. The molecular weight excluding hydrogens is 392 g/mol. The van der Waals surface area contributed by atoms with Crippen molar-refractivity contribution in [3.63, 3.8) is 0 Å². The normalized spacial score (nSPS) is 11.9. The van der Waals surface area contributed by atoms with Gasteiger partial charge in [-0.15, -0.1) is 0 Å². The van der Waals surface area contributed by atoms with E-state index in [1.165, 1.54) is 0 Å². The number of aliphatic carboxylic acids is 1. The Morgan fingerprint density at radius 2 is 1.65 bits per heavy atom. The Morgan fingerprint density at radius 3 is 2.35 bits per heavy atom. The Morgan fingerprint density at radius 1 is 0.935 bits per heavy atom. The van der Waals surface area contributed by atoms with E-state index in [2.05, 4.69) is 0 Å². The summed E-state index contributed by atoms with van der Waals surface area (Å²) in [5.74, 6) is -0.990. The topological polar surface area (TPSA) is 76.7 Å². The maximum Gasteiger partial charge on any atom is 0.345 e. The van der Waals surface area contributed by atoms with Crippen LogP contribution in [-0.2, 0) is 16.0 Å². The summed E-state index contributed by atoms with van der Waals surface area (Å²) in [4.78, 5) is 24.5. The van der Waals surface area contributed by atoms with Crippen LogP contribution < -0.4 is 0 Å². The predicted octanol–water partition coefficient (Wildman–Crippen LogP) is 5.57. The van der Waals surface area contributed by atoms with Gasteiger partial charge in [-0.2, -0.15) is 0 Å². The molecule has 0 saturated heterocycles. The van der Waals surface area contributed by atoms with E-state index in [-0.39, 0.29) is 12.0 Å². The van der Waals surface area contributed by atoms with Gasteiger partial charge in [-0.25, -0.2) is 9.59 Å². The molecule has 0 amide bonds. The van der Waals surface area contributed by atoms with Crippen LogP contribution in [0.5, 0.6) is 0 Å². The lowest BCUT2D eigenvalue weighted by atomic mass is 10.0. The molecule has 3 aromatic carbocycles. The molecule has 0 aliphatic heterocycles. The molecule has 4 aromatic rings. The van der Waals surface area contributed by atoms with E-state index in [9.17, 15) is 14.7 Å². The van der Waals surface area contributed by atoms with E-state index in [0.29, 0.717) is 11.5 Å². The number of hydrogen-bond acceptors (Lipinski definition) is 4. The Kier molecular flexibility index (Phi) is 5.58. The number of ether oxygens (including phenoxy) is 1. The van der Waals surface area contributed by atoms with Crippen LogP contribution >= 0.6 is 0 Å². The molecule has 1 aromatic heterocycles. The quantitative estimate of drug-likeness (QED) is 0.418. The lowest BCUT2D eigenvalue weighted by molar-refractivity contribution is -0.147. The minimum atomic E-state index is -1.30. The van der Waals surface area contributed by atoms with E-state index in [4.69, 9.17) is 9.15 Å². The van der Waals surface area contributed by atoms with Gasteiger partial charge < -0.3 is 14.3 Å². The van der Waals surface area contributed by atoms with Gasteiger partial charge in [-0.1, -0.05) is 72.3 Å². The van der Waals surface area contributed by atoms with Gasteiger partial charge >= 0.3 is 11.9 Å². The first-order valence-corrected chi connectivity index (χ1v) is 9.99. The molecule has 1 atom stereocenters. The number of carbonyl (C=O) groups is 2. The van der Waals surface area contributed by atoms with E-state index in [0.717, 1.165) is 27.5 Å². The molecule has 0 aliphatic carbocycles. The molecule has 0 radical (unpaired) electrons. The number of aryl methyl sites for hydroxylation is 2. The summed E-state index contributed by atoms with van der Waals surface area (Å²) < 4.78 is 11.1. The fraction of sp³-hybridized carbons (Fsp3) is 0.154. The van der Waals surface area contributed by atoms with Gasteiger partial charge in [-0.05, 0) is 36.2 Å². The third-order valence-corrected chi connectivity index (χ3v) is 5.23. The third kappa shape index (κ3) is 4.51. The van der Waals surface area contributed by atoms with Gasteiger partial charge in [-0.3, -0.25) is 0 Å². The lowest BCUT2D eigenvalue weighted by Crippen LogP contribution is -2.29. The zero-order valence-corrected chi connectivity index (χ0v) is 17.3. The van der Waals surface area contributed by atoms with E-state index in [1.807, 2.05) is 73.7 Å². The number of furan rings is 1. The molecule has 156 valence electrons. The van der Waals surface area contributed by atoms with Gasteiger partial charge in [0.05, 0.1) is 0 Å².